The van der Waals surface area contributed by atoms with Crippen LogP contribution in [-0.4, -0.2) is 39.5 Å². The summed E-state index contributed by atoms with van der Waals surface area (Å²) in [6.45, 7) is 4.85. The lowest BCUT2D eigenvalue weighted by atomic mass is 10.1. The van der Waals surface area contributed by atoms with Crippen LogP contribution in [0.3, 0.4) is 0 Å². The van der Waals surface area contributed by atoms with Gasteiger partial charge in [0.15, 0.2) is 5.16 Å². The third-order valence-corrected chi connectivity index (χ3v) is 5.48. The Morgan fingerprint density at radius 1 is 1.42 bits per heavy atom. The van der Waals surface area contributed by atoms with Crippen LogP contribution in [0.2, 0.25) is 0 Å². The Labute approximate surface area is 146 Å². The number of nitrogens with zero attached hydrogens (tertiary/aromatic N) is 2. The number of benzene rings is 1. The van der Waals surface area contributed by atoms with Gasteiger partial charge in [0, 0.05) is 24.4 Å². The summed E-state index contributed by atoms with van der Waals surface area (Å²) in [5, 5.41) is 13.0. The zero-order chi connectivity index (χ0) is 17.2. The van der Waals surface area contributed by atoms with E-state index in [4.69, 9.17) is 0 Å². The van der Waals surface area contributed by atoms with Gasteiger partial charge in [0.25, 0.3) is 0 Å². The molecule has 1 fully saturated rings. The zero-order valence-corrected chi connectivity index (χ0v) is 14.9. The van der Waals surface area contributed by atoms with Gasteiger partial charge >= 0.3 is 0 Å². The summed E-state index contributed by atoms with van der Waals surface area (Å²) in [6.07, 6.45) is 5.67. The second kappa shape index (κ2) is 6.99. The largest absolute Gasteiger partial charge is 0.396 e. The van der Waals surface area contributed by atoms with E-state index in [1.807, 2.05) is 10.8 Å². The molecule has 1 heterocycles. The Bertz CT molecular complexity index is 738. The first-order valence-electron chi connectivity index (χ1n) is 8.14. The van der Waals surface area contributed by atoms with Crippen LogP contribution in [0.1, 0.15) is 24.0 Å². The number of amides is 1. The van der Waals surface area contributed by atoms with Crippen LogP contribution < -0.4 is 5.32 Å². The van der Waals surface area contributed by atoms with Gasteiger partial charge in [-0.3, -0.25) is 9.36 Å². The molecule has 1 saturated carbocycles. The van der Waals surface area contributed by atoms with Crippen LogP contribution in [0.5, 0.6) is 0 Å². The van der Waals surface area contributed by atoms with E-state index in [1.54, 1.807) is 6.20 Å². The first kappa shape index (κ1) is 17.0. The van der Waals surface area contributed by atoms with E-state index in [0.717, 1.165) is 23.7 Å². The van der Waals surface area contributed by atoms with Crippen LogP contribution in [0.25, 0.3) is 5.69 Å². The van der Waals surface area contributed by atoms with Crippen LogP contribution >= 0.6 is 11.8 Å². The maximum Gasteiger partial charge on any atom is 0.230 e. The van der Waals surface area contributed by atoms with Crippen molar-refractivity contribution in [3.8, 4) is 5.69 Å². The van der Waals surface area contributed by atoms with Crippen LogP contribution in [0.15, 0.2) is 35.7 Å². The minimum atomic E-state index is -0.0581. The molecule has 5 nitrogen and oxygen atoms in total. The molecular formula is C18H23N3O2S. The van der Waals surface area contributed by atoms with E-state index in [9.17, 15) is 9.90 Å². The first-order valence-corrected chi connectivity index (χ1v) is 9.13. The predicted octanol–water partition coefficient (Wildman–Crippen LogP) is 2.47. The number of hydrogen-bond acceptors (Lipinski definition) is 4. The van der Waals surface area contributed by atoms with Crippen molar-refractivity contribution >= 4 is 17.7 Å². The summed E-state index contributed by atoms with van der Waals surface area (Å²) < 4.78 is 2.02. The Balaban J connectivity index is 1.61. The molecule has 1 amide bonds. The smallest absolute Gasteiger partial charge is 0.230 e. The molecule has 2 aromatic rings. The predicted molar refractivity (Wildman–Crippen MR) is 95.5 cm³/mol. The number of aryl methyl sites for hydroxylation is 2. The highest BCUT2D eigenvalue weighted by atomic mass is 32.2. The highest BCUT2D eigenvalue weighted by Gasteiger charge is 2.41. The van der Waals surface area contributed by atoms with Crippen molar-refractivity contribution in [3.63, 3.8) is 0 Å². The number of hydrogen-bond donors (Lipinski definition) is 2. The van der Waals surface area contributed by atoms with Gasteiger partial charge in [0.05, 0.1) is 18.0 Å². The lowest BCUT2D eigenvalue weighted by Crippen LogP contribution is -2.33. The molecule has 0 radical (unpaired) electrons. The van der Waals surface area contributed by atoms with E-state index in [1.165, 1.54) is 22.9 Å². The normalized spacial score (nSPS) is 15.3. The van der Waals surface area contributed by atoms with Gasteiger partial charge in [-0.2, -0.15) is 0 Å². The standard InChI is InChI=1S/C18H23N3O2S/c1-13-3-4-14(2)15(9-13)21-8-7-19-17(21)24-10-16(23)20-11-18(12-22)5-6-18/h3-4,7-9,22H,5-6,10-12H2,1-2H3,(H,20,23). The fourth-order valence-electron chi connectivity index (χ4n) is 2.59. The van der Waals surface area contributed by atoms with Crippen molar-refractivity contribution in [2.24, 2.45) is 5.41 Å². The number of aliphatic hydroxyl groups excluding tert-OH is 1. The number of aliphatic hydroxyl groups is 1. The molecule has 1 aliphatic carbocycles. The minimum absolute atomic E-state index is 0.0183. The second-order valence-corrected chi connectivity index (χ2v) is 7.54. The number of imidazole rings is 1. The average molecular weight is 345 g/mol. The van der Waals surface area contributed by atoms with Crippen molar-refractivity contribution in [2.45, 2.75) is 31.8 Å². The Morgan fingerprint density at radius 3 is 2.92 bits per heavy atom. The number of aromatic nitrogens is 2. The summed E-state index contributed by atoms with van der Waals surface area (Å²) in [5.74, 6) is 0.305. The molecule has 0 spiro atoms. The monoisotopic (exact) mass is 345 g/mol. The van der Waals surface area contributed by atoms with Crippen molar-refractivity contribution in [1.82, 2.24) is 14.9 Å². The molecule has 0 aliphatic heterocycles. The van der Waals surface area contributed by atoms with Crippen LogP contribution in [-0.2, 0) is 4.79 Å². The lowest BCUT2D eigenvalue weighted by Gasteiger charge is -2.13. The third-order valence-electron chi connectivity index (χ3n) is 4.52. The molecule has 0 atom stereocenters. The molecular weight excluding hydrogens is 322 g/mol. The van der Waals surface area contributed by atoms with E-state index < -0.39 is 0 Å². The summed E-state index contributed by atoms with van der Waals surface area (Å²) in [7, 11) is 0. The summed E-state index contributed by atoms with van der Waals surface area (Å²) in [6, 6.07) is 6.31. The summed E-state index contributed by atoms with van der Waals surface area (Å²) in [4.78, 5) is 16.4. The fraction of sp³-hybridized carbons (Fsp3) is 0.444. The Hall–Kier alpha value is -1.79. The quantitative estimate of drug-likeness (QED) is 0.757. The maximum absolute atomic E-state index is 12.0. The lowest BCUT2D eigenvalue weighted by molar-refractivity contribution is -0.118. The average Bonchev–Trinajstić information content (AvgIpc) is 3.22. The van der Waals surface area contributed by atoms with Crippen molar-refractivity contribution in [2.75, 3.05) is 18.9 Å². The number of rotatable bonds is 7. The SMILES string of the molecule is Cc1ccc(C)c(-n2ccnc2SCC(=O)NCC2(CO)CC2)c1. The van der Waals surface area contributed by atoms with Crippen molar-refractivity contribution in [1.29, 1.82) is 0 Å². The molecule has 1 aliphatic rings. The number of carbonyl (C=O) groups excluding carboxylic acids is 1. The summed E-state index contributed by atoms with van der Waals surface area (Å²) >= 11 is 1.43. The number of carbonyl (C=O) groups is 1. The summed E-state index contributed by atoms with van der Waals surface area (Å²) in [5.41, 5.74) is 3.39. The zero-order valence-electron chi connectivity index (χ0n) is 14.1. The third kappa shape index (κ3) is 3.82. The second-order valence-electron chi connectivity index (χ2n) is 6.59. The Morgan fingerprint density at radius 2 is 2.21 bits per heavy atom. The molecule has 1 aromatic heterocycles. The van der Waals surface area contributed by atoms with Gasteiger partial charge in [-0.25, -0.2) is 4.98 Å². The highest BCUT2D eigenvalue weighted by Crippen LogP contribution is 2.44. The molecule has 24 heavy (non-hydrogen) atoms. The number of thioether (sulfide) groups is 1. The van der Waals surface area contributed by atoms with Gasteiger partial charge in [-0.1, -0.05) is 23.9 Å². The topological polar surface area (TPSA) is 67.2 Å². The first-order chi connectivity index (χ1) is 11.5. The molecule has 128 valence electrons. The Kier molecular flexibility index (Phi) is 4.96. The van der Waals surface area contributed by atoms with Crippen molar-refractivity contribution < 1.29 is 9.90 Å². The van der Waals surface area contributed by atoms with Crippen LogP contribution in [0.4, 0.5) is 0 Å². The van der Waals surface area contributed by atoms with E-state index in [2.05, 4.69) is 42.3 Å². The van der Waals surface area contributed by atoms with Gasteiger partial charge in [0.1, 0.15) is 0 Å². The van der Waals surface area contributed by atoms with Crippen molar-refractivity contribution in [3.05, 3.63) is 41.7 Å². The van der Waals surface area contributed by atoms with Gasteiger partial charge in [0.2, 0.25) is 5.91 Å². The van der Waals surface area contributed by atoms with E-state index in [-0.39, 0.29) is 17.9 Å². The molecule has 0 saturated heterocycles. The maximum atomic E-state index is 12.0. The number of nitrogens with one attached hydrogen (secondary N) is 1. The molecule has 1 aromatic carbocycles. The van der Waals surface area contributed by atoms with Gasteiger partial charge < -0.3 is 10.4 Å². The van der Waals surface area contributed by atoms with Crippen LogP contribution in [0, 0.1) is 19.3 Å². The molecule has 3 rings (SSSR count). The molecule has 0 bridgehead atoms. The van der Waals surface area contributed by atoms with Gasteiger partial charge in [-0.15, -0.1) is 0 Å². The van der Waals surface area contributed by atoms with E-state index in [0.29, 0.717) is 12.3 Å². The minimum Gasteiger partial charge on any atom is -0.396 e. The van der Waals surface area contributed by atoms with E-state index >= 15 is 0 Å². The molecule has 0 unspecified atom stereocenters. The molecule has 6 heteroatoms. The fourth-order valence-corrected chi connectivity index (χ4v) is 3.39. The molecule has 2 N–H and O–H groups in total. The highest BCUT2D eigenvalue weighted by molar-refractivity contribution is 7.99. The van der Waals surface area contributed by atoms with Gasteiger partial charge in [-0.05, 0) is 43.9 Å².